The molecule has 0 saturated carbocycles. The monoisotopic (exact) mass is 232 g/mol. The number of nitrogens with two attached hydrogens (primary N) is 1. The molecule has 2 N–H and O–H groups in total. The van der Waals surface area contributed by atoms with Crippen molar-refractivity contribution in [3.05, 3.63) is 45.9 Å². The van der Waals surface area contributed by atoms with E-state index in [0.717, 1.165) is 10.4 Å². The van der Waals surface area contributed by atoms with Crippen LogP contribution < -0.4 is 5.73 Å². The van der Waals surface area contributed by atoms with Crippen molar-refractivity contribution in [2.24, 2.45) is 0 Å². The molecule has 0 aliphatic rings. The number of carbonyl (C=O) groups excluding carboxylic acids is 1. The van der Waals surface area contributed by atoms with Crippen LogP contribution in [0.5, 0.6) is 0 Å². The molecule has 0 bridgehead atoms. The first-order chi connectivity index (χ1) is 7.68. The number of carbonyl (C=O) groups is 1. The number of anilines is 1. The zero-order valence-corrected chi connectivity index (χ0v) is 9.75. The summed E-state index contributed by atoms with van der Waals surface area (Å²) < 4.78 is 0. The summed E-state index contributed by atoms with van der Waals surface area (Å²) in [4.78, 5) is 16.9. The molecule has 0 aliphatic carbocycles. The zero-order valence-electron chi connectivity index (χ0n) is 8.93. The van der Waals surface area contributed by atoms with E-state index in [1.807, 2.05) is 19.1 Å². The Bertz CT molecular complexity index is 506. The minimum Gasteiger partial charge on any atom is -0.398 e. The predicted molar refractivity (Wildman–Crippen MR) is 65.7 cm³/mol. The van der Waals surface area contributed by atoms with E-state index in [4.69, 9.17) is 5.73 Å². The van der Waals surface area contributed by atoms with Crippen molar-refractivity contribution >= 4 is 22.8 Å². The average molecular weight is 232 g/mol. The number of benzene rings is 1. The standard InChI is InChI=1S/C12H12N2OS/c1-8-10(3-2-4-11(8)13)12(15)5-9-6-14-7-16-9/h2-4,6-7H,5,13H2,1H3. The van der Waals surface area contributed by atoms with E-state index in [-0.39, 0.29) is 5.78 Å². The summed E-state index contributed by atoms with van der Waals surface area (Å²) in [6.45, 7) is 1.87. The molecule has 82 valence electrons. The van der Waals surface area contributed by atoms with Crippen LogP contribution in [-0.4, -0.2) is 10.8 Å². The lowest BCUT2D eigenvalue weighted by molar-refractivity contribution is 0.0993. The number of hydrogen-bond acceptors (Lipinski definition) is 4. The normalized spacial score (nSPS) is 10.3. The second-order valence-corrected chi connectivity index (χ2v) is 4.56. The van der Waals surface area contributed by atoms with Gasteiger partial charge < -0.3 is 5.73 Å². The quantitative estimate of drug-likeness (QED) is 0.653. The van der Waals surface area contributed by atoms with Gasteiger partial charge in [0.15, 0.2) is 5.78 Å². The zero-order chi connectivity index (χ0) is 11.5. The highest BCUT2D eigenvalue weighted by Gasteiger charge is 2.11. The van der Waals surface area contributed by atoms with Gasteiger partial charge in [0.1, 0.15) is 0 Å². The second kappa shape index (κ2) is 4.45. The van der Waals surface area contributed by atoms with Crippen molar-refractivity contribution < 1.29 is 4.79 Å². The lowest BCUT2D eigenvalue weighted by Crippen LogP contribution is -2.06. The molecule has 0 amide bonds. The van der Waals surface area contributed by atoms with Crippen molar-refractivity contribution in [1.82, 2.24) is 4.98 Å². The van der Waals surface area contributed by atoms with Crippen molar-refractivity contribution in [3.8, 4) is 0 Å². The lowest BCUT2D eigenvalue weighted by atomic mass is 10.0. The van der Waals surface area contributed by atoms with E-state index in [0.29, 0.717) is 17.7 Å². The van der Waals surface area contributed by atoms with Crippen LogP contribution in [0.1, 0.15) is 20.8 Å². The van der Waals surface area contributed by atoms with Gasteiger partial charge in [0.2, 0.25) is 0 Å². The molecular weight excluding hydrogens is 220 g/mol. The van der Waals surface area contributed by atoms with E-state index >= 15 is 0 Å². The Morgan fingerprint density at radius 3 is 3.00 bits per heavy atom. The fourth-order valence-electron chi connectivity index (χ4n) is 1.54. The number of ketones is 1. The molecule has 0 saturated heterocycles. The summed E-state index contributed by atoms with van der Waals surface area (Å²) in [5, 5.41) is 0. The summed E-state index contributed by atoms with van der Waals surface area (Å²) in [5.41, 5.74) is 9.72. The van der Waals surface area contributed by atoms with Crippen molar-refractivity contribution in [2.45, 2.75) is 13.3 Å². The molecule has 1 aromatic heterocycles. The van der Waals surface area contributed by atoms with Gasteiger partial charge in [-0.1, -0.05) is 12.1 Å². The summed E-state index contributed by atoms with van der Waals surface area (Å²) in [5.74, 6) is 0.0917. The first kappa shape index (κ1) is 10.8. The number of aromatic nitrogens is 1. The number of nitrogens with zero attached hydrogens (tertiary/aromatic N) is 1. The Hall–Kier alpha value is -1.68. The summed E-state index contributed by atoms with van der Waals surface area (Å²) in [7, 11) is 0. The maximum atomic E-state index is 12.0. The van der Waals surface area contributed by atoms with Crippen LogP contribution >= 0.6 is 11.3 Å². The number of nitrogen functional groups attached to an aromatic ring is 1. The van der Waals surface area contributed by atoms with Crippen LogP contribution in [0.3, 0.4) is 0 Å². The van der Waals surface area contributed by atoms with Gasteiger partial charge in [-0.25, -0.2) is 0 Å². The SMILES string of the molecule is Cc1c(N)cccc1C(=O)Cc1cncs1. The van der Waals surface area contributed by atoms with Crippen LogP contribution in [0, 0.1) is 6.92 Å². The number of Topliss-reactive ketones (excluding diaryl/α,β-unsaturated/α-hetero) is 1. The molecule has 2 rings (SSSR count). The Morgan fingerprint density at radius 2 is 2.31 bits per heavy atom. The molecule has 0 atom stereocenters. The van der Waals surface area contributed by atoms with E-state index in [2.05, 4.69) is 4.98 Å². The highest BCUT2D eigenvalue weighted by Crippen LogP contribution is 2.18. The van der Waals surface area contributed by atoms with Crippen molar-refractivity contribution in [3.63, 3.8) is 0 Å². The van der Waals surface area contributed by atoms with Gasteiger partial charge in [0.25, 0.3) is 0 Å². The van der Waals surface area contributed by atoms with Gasteiger partial charge in [-0.05, 0) is 18.6 Å². The molecular formula is C12H12N2OS. The predicted octanol–water partition coefficient (Wildman–Crippen LogP) is 2.46. The number of thiazole rings is 1. The molecule has 0 unspecified atom stereocenters. The molecule has 16 heavy (non-hydrogen) atoms. The topological polar surface area (TPSA) is 56.0 Å². The van der Waals surface area contributed by atoms with Gasteiger partial charge in [-0.3, -0.25) is 9.78 Å². The maximum Gasteiger partial charge on any atom is 0.168 e. The van der Waals surface area contributed by atoms with Crippen LogP contribution in [-0.2, 0) is 6.42 Å². The van der Waals surface area contributed by atoms with E-state index < -0.39 is 0 Å². The molecule has 1 heterocycles. The first-order valence-corrected chi connectivity index (χ1v) is 5.82. The average Bonchev–Trinajstić information content (AvgIpc) is 2.74. The van der Waals surface area contributed by atoms with E-state index in [9.17, 15) is 4.79 Å². The fourth-order valence-corrected chi connectivity index (χ4v) is 2.13. The van der Waals surface area contributed by atoms with Crippen LogP contribution in [0.15, 0.2) is 29.9 Å². The van der Waals surface area contributed by atoms with Gasteiger partial charge in [0, 0.05) is 28.7 Å². The van der Waals surface area contributed by atoms with Gasteiger partial charge in [-0.15, -0.1) is 11.3 Å². The highest BCUT2D eigenvalue weighted by atomic mass is 32.1. The third-order valence-corrected chi connectivity index (χ3v) is 3.27. The smallest absolute Gasteiger partial charge is 0.168 e. The second-order valence-electron chi connectivity index (χ2n) is 3.59. The lowest BCUT2D eigenvalue weighted by Gasteiger charge is -2.06. The molecule has 0 spiro atoms. The minimum absolute atomic E-state index is 0.0917. The van der Waals surface area contributed by atoms with Crippen molar-refractivity contribution in [1.29, 1.82) is 0 Å². The van der Waals surface area contributed by atoms with Crippen LogP contribution in [0.2, 0.25) is 0 Å². The summed E-state index contributed by atoms with van der Waals surface area (Å²) in [6, 6.07) is 5.43. The maximum absolute atomic E-state index is 12.0. The third kappa shape index (κ3) is 2.12. The fraction of sp³-hybridized carbons (Fsp3) is 0.167. The molecule has 1 aromatic carbocycles. The first-order valence-electron chi connectivity index (χ1n) is 4.94. The van der Waals surface area contributed by atoms with E-state index in [1.165, 1.54) is 11.3 Å². The highest BCUT2D eigenvalue weighted by molar-refractivity contribution is 7.09. The Morgan fingerprint density at radius 1 is 1.50 bits per heavy atom. The van der Waals surface area contributed by atoms with Crippen LogP contribution in [0.4, 0.5) is 5.69 Å². The molecule has 0 fully saturated rings. The minimum atomic E-state index is 0.0917. The number of hydrogen-bond donors (Lipinski definition) is 1. The van der Waals surface area contributed by atoms with Gasteiger partial charge in [-0.2, -0.15) is 0 Å². The summed E-state index contributed by atoms with van der Waals surface area (Å²) >= 11 is 1.49. The molecule has 4 heteroatoms. The molecule has 0 radical (unpaired) electrons. The Kier molecular flexibility index (Phi) is 3.01. The van der Waals surface area contributed by atoms with Gasteiger partial charge >= 0.3 is 0 Å². The Labute approximate surface area is 97.9 Å². The van der Waals surface area contributed by atoms with Gasteiger partial charge in [0.05, 0.1) is 5.51 Å². The van der Waals surface area contributed by atoms with Crippen LogP contribution in [0.25, 0.3) is 0 Å². The largest absolute Gasteiger partial charge is 0.398 e. The summed E-state index contributed by atoms with van der Waals surface area (Å²) in [6.07, 6.45) is 2.12. The van der Waals surface area contributed by atoms with Crippen molar-refractivity contribution in [2.75, 3.05) is 5.73 Å². The Balaban J connectivity index is 2.24. The molecule has 2 aromatic rings. The number of rotatable bonds is 3. The molecule has 3 nitrogen and oxygen atoms in total. The van der Waals surface area contributed by atoms with E-state index in [1.54, 1.807) is 17.8 Å². The third-order valence-electron chi connectivity index (χ3n) is 2.49. The molecule has 0 aliphatic heterocycles.